The number of phenolic OH excluding ortho intramolecular Hbond substituents is 2. The zero-order valence-electron chi connectivity index (χ0n) is 10.5. The third kappa shape index (κ3) is 2.53. The van der Waals surface area contributed by atoms with Crippen LogP contribution < -0.4 is 5.32 Å². The van der Waals surface area contributed by atoms with Gasteiger partial charge in [0.25, 0.3) is 0 Å². The van der Waals surface area contributed by atoms with Gasteiger partial charge in [0.15, 0.2) is 11.5 Å². The van der Waals surface area contributed by atoms with Crippen molar-refractivity contribution in [3.05, 3.63) is 22.8 Å². The Morgan fingerprint density at radius 1 is 1.18 bits per heavy atom. The first-order chi connectivity index (χ1) is 8.09. The van der Waals surface area contributed by atoms with Crippen LogP contribution in [0.1, 0.15) is 16.7 Å². The van der Waals surface area contributed by atoms with Crippen LogP contribution >= 0.6 is 0 Å². The van der Waals surface area contributed by atoms with Crippen LogP contribution in [0.2, 0.25) is 0 Å². The summed E-state index contributed by atoms with van der Waals surface area (Å²) in [7, 11) is 0. The Hall–Kier alpha value is -1.26. The van der Waals surface area contributed by atoms with Crippen molar-refractivity contribution in [1.29, 1.82) is 0 Å². The number of nitrogens with one attached hydrogen (secondary N) is 1. The molecule has 0 spiro atoms. The van der Waals surface area contributed by atoms with E-state index in [0.29, 0.717) is 0 Å². The zero-order valence-corrected chi connectivity index (χ0v) is 10.5. The van der Waals surface area contributed by atoms with Crippen molar-refractivity contribution >= 4 is 0 Å². The summed E-state index contributed by atoms with van der Waals surface area (Å²) in [6.45, 7) is 8.75. The van der Waals surface area contributed by atoms with E-state index in [1.54, 1.807) is 6.07 Å². The highest BCUT2D eigenvalue weighted by molar-refractivity contribution is 5.51. The van der Waals surface area contributed by atoms with E-state index >= 15 is 0 Å². The Bertz CT molecular complexity index is 412. The summed E-state index contributed by atoms with van der Waals surface area (Å²) < 4.78 is 0. The van der Waals surface area contributed by atoms with Crippen molar-refractivity contribution in [1.82, 2.24) is 10.2 Å². The highest BCUT2D eigenvalue weighted by atomic mass is 16.3. The van der Waals surface area contributed by atoms with E-state index in [-0.39, 0.29) is 11.5 Å². The number of hydrogen-bond acceptors (Lipinski definition) is 4. The van der Waals surface area contributed by atoms with E-state index in [4.69, 9.17) is 0 Å². The van der Waals surface area contributed by atoms with Gasteiger partial charge in [-0.3, -0.25) is 4.90 Å². The van der Waals surface area contributed by atoms with Crippen molar-refractivity contribution in [2.45, 2.75) is 20.4 Å². The van der Waals surface area contributed by atoms with Gasteiger partial charge in [-0.1, -0.05) is 0 Å². The molecule has 1 aliphatic rings. The lowest BCUT2D eigenvalue weighted by atomic mass is 10.0. The molecular weight excluding hydrogens is 216 g/mol. The summed E-state index contributed by atoms with van der Waals surface area (Å²) in [5.41, 5.74) is 2.94. The number of nitrogens with zero attached hydrogens (tertiary/aromatic N) is 1. The molecule has 0 aliphatic carbocycles. The molecule has 94 valence electrons. The molecular formula is C13H20N2O2. The van der Waals surface area contributed by atoms with Crippen LogP contribution in [0.5, 0.6) is 11.5 Å². The van der Waals surface area contributed by atoms with Crippen molar-refractivity contribution < 1.29 is 10.2 Å². The largest absolute Gasteiger partial charge is 0.504 e. The first kappa shape index (κ1) is 12.2. The molecule has 0 radical (unpaired) electrons. The fourth-order valence-electron chi connectivity index (χ4n) is 2.23. The van der Waals surface area contributed by atoms with Gasteiger partial charge in [-0.2, -0.15) is 0 Å². The number of rotatable bonds is 2. The average Bonchev–Trinajstić information content (AvgIpc) is 2.35. The van der Waals surface area contributed by atoms with Crippen molar-refractivity contribution in [3.8, 4) is 11.5 Å². The summed E-state index contributed by atoms with van der Waals surface area (Å²) in [5.74, 6) is -0.00945. The fraction of sp³-hybridized carbons (Fsp3) is 0.538. The van der Waals surface area contributed by atoms with E-state index in [1.165, 1.54) is 0 Å². The summed E-state index contributed by atoms with van der Waals surface area (Å²) in [4.78, 5) is 2.36. The average molecular weight is 236 g/mol. The quantitative estimate of drug-likeness (QED) is 0.674. The summed E-state index contributed by atoms with van der Waals surface area (Å²) in [5, 5.41) is 22.6. The minimum atomic E-state index is -0.0155. The number of phenols is 2. The van der Waals surface area contributed by atoms with Crippen LogP contribution in [0.25, 0.3) is 0 Å². The SMILES string of the molecule is Cc1c(CN2CCNCC2)cc(O)c(O)c1C. The smallest absolute Gasteiger partial charge is 0.160 e. The molecule has 17 heavy (non-hydrogen) atoms. The molecule has 0 bridgehead atoms. The van der Waals surface area contributed by atoms with Gasteiger partial charge in [0, 0.05) is 32.7 Å². The molecule has 0 saturated carbocycles. The molecule has 4 heteroatoms. The van der Waals surface area contributed by atoms with E-state index in [9.17, 15) is 10.2 Å². The Labute approximate surface area is 102 Å². The molecule has 1 heterocycles. The predicted molar refractivity (Wildman–Crippen MR) is 67.4 cm³/mol. The van der Waals surface area contributed by atoms with Crippen molar-refractivity contribution in [2.75, 3.05) is 26.2 Å². The lowest BCUT2D eigenvalue weighted by Gasteiger charge is -2.28. The van der Waals surface area contributed by atoms with Crippen LogP contribution in [0.15, 0.2) is 6.07 Å². The highest BCUT2D eigenvalue weighted by Crippen LogP contribution is 2.33. The molecule has 1 aromatic rings. The molecule has 0 unspecified atom stereocenters. The van der Waals surface area contributed by atoms with E-state index in [1.807, 2.05) is 13.8 Å². The Balaban J connectivity index is 2.20. The van der Waals surface area contributed by atoms with Crippen LogP contribution in [-0.4, -0.2) is 41.3 Å². The first-order valence-corrected chi connectivity index (χ1v) is 6.03. The normalized spacial score (nSPS) is 17.3. The van der Waals surface area contributed by atoms with Crippen molar-refractivity contribution in [3.63, 3.8) is 0 Å². The van der Waals surface area contributed by atoms with Gasteiger partial charge < -0.3 is 15.5 Å². The van der Waals surface area contributed by atoms with Crippen molar-refractivity contribution in [2.24, 2.45) is 0 Å². The number of hydrogen-bond donors (Lipinski definition) is 3. The predicted octanol–water partition coefficient (Wildman–Crippen LogP) is 1.12. The second-order valence-corrected chi connectivity index (χ2v) is 4.68. The molecule has 1 saturated heterocycles. The third-order valence-corrected chi connectivity index (χ3v) is 3.56. The molecule has 2 rings (SSSR count). The Morgan fingerprint density at radius 2 is 1.82 bits per heavy atom. The lowest BCUT2D eigenvalue weighted by Crippen LogP contribution is -2.43. The van der Waals surface area contributed by atoms with Crippen LogP contribution in [0.3, 0.4) is 0 Å². The van der Waals surface area contributed by atoms with E-state index in [0.717, 1.165) is 49.4 Å². The Kier molecular flexibility index (Phi) is 3.54. The van der Waals surface area contributed by atoms with Gasteiger partial charge in [-0.25, -0.2) is 0 Å². The fourth-order valence-corrected chi connectivity index (χ4v) is 2.23. The topological polar surface area (TPSA) is 55.7 Å². The highest BCUT2D eigenvalue weighted by Gasteiger charge is 2.15. The maximum Gasteiger partial charge on any atom is 0.160 e. The van der Waals surface area contributed by atoms with E-state index < -0.39 is 0 Å². The molecule has 1 fully saturated rings. The van der Waals surface area contributed by atoms with Gasteiger partial charge in [0.1, 0.15) is 0 Å². The second kappa shape index (κ2) is 4.94. The number of aromatic hydroxyl groups is 2. The molecule has 3 N–H and O–H groups in total. The minimum absolute atomic E-state index is 0.00607. The van der Waals surface area contributed by atoms with Crippen LogP contribution in [0.4, 0.5) is 0 Å². The molecule has 0 atom stereocenters. The van der Waals surface area contributed by atoms with Gasteiger partial charge in [-0.05, 0) is 36.6 Å². The van der Waals surface area contributed by atoms with Crippen LogP contribution in [-0.2, 0) is 6.54 Å². The maximum absolute atomic E-state index is 9.65. The maximum atomic E-state index is 9.65. The lowest BCUT2D eigenvalue weighted by molar-refractivity contribution is 0.232. The number of piperazine rings is 1. The van der Waals surface area contributed by atoms with E-state index in [2.05, 4.69) is 10.2 Å². The molecule has 1 aliphatic heterocycles. The monoisotopic (exact) mass is 236 g/mol. The molecule has 4 nitrogen and oxygen atoms in total. The summed E-state index contributed by atoms with van der Waals surface area (Å²) in [6, 6.07) is 1.68. The summed E-state index contributed by atoms with van der Waals surface area (Å²) >= 11 is 0. The van der Waals surface area contributed by atoms with Gasteiger partial charge >= 0.3 is 0 Å². The first-order valence-electron chi connectivity index (χ1n) is 6.03. The summed E-state index contributed by atoms with van der Waals surface area (Å²) in [6.07, 6.45) is 0. The van der Waals surface area contributed by atoms with Gasteiger partial charge in [0.2, 0.25) is 0 Å². The second-order valence-electron chi connectivity index (χ2n) is 4.68. The van der Waals surface area contributed by atoms with Gasteiger partial charge in [-0.15, -0.1) is 0 Å². The molecule has 0 amide bonds. The van der Waals surface area contributed by atoms with Crippen LogP contribution in [0, 0.1) is 13.8 Å². The minimum Gasteiger partial charge on any atom is -0.504 e. The third-order valence-electron chi connectivity index (χ3n) is 3.56. The standard InChI is InChI=1S/C13H20N2O2/c1-9-10(2)13(17)12(16)7-11(9)8-15-5-3-14-4-6-15/h7,14,16-17H,3-6,8H2,1-2H3. The molecule has 1 aromatic carbocycles. The zero-order chi connectivity index (χ0) is 12.4. The number of benzene rings is 1. The molecule has 0 aromatic heterocycles. The van der Waals surface area contributed by atoms with Gasteiger partial charge in [0.05, 0.1) is 0 Å². The Morgan fingerprint density at radius 3 is 2.47 bits per heavy atom.